The molecular formula is C23H22N6OS. The number of aromatic amines is 1. The van der Waals surface area contributed by atoms with Gasteiger partial charge in [-0.1, -0.05) is 18.2 Å². The molecule has 1 aromatic carbocycles. The molecule has 0 aliphatic rings. The molecule has 0 saturated heterocycles. The molecule has 7 nitrogen and oxygen atoms in total. The Bertz CT molecular complexity index is 1330. The van der Waals surface area contributed by atoms with Gasteiger partial charge in [-0.3, -0.25) is 4.79 Å². The Hall–Kier alpha value is -3.52. The first-order valence-corrected chi connectivity index (χ1v) is 11.1. The van der Waals surface area contributed by atoms with Crippen LogP contribution in [0.3, 0.4) is 0 Å². The highest BCUT2D eigenvalue weighted by atomic mass is 32.1. The third-order valence-electron chi connectivity index (χ3n) is 5.16. The van der Waals surface area contributed by atoms with Crippen LogP contribution in [0.25, 0.3) is 32.6 Å². The standard InChI is InChI=1S/C23H22N6OS/c1-14(2)29-22-16(13-25-29)15(12-19(28-22)20-8-5-11-31-20)23(30)24-10-9-21-26-17-6-3-4-7-18(17)27-21/h3-8,11-14H,9-10H2,1-2H3,(H,24,30)(H,26,27). The average Bonchev–Trinajstić information content (AvgIpc) is 3.51. The largest absolute Gasteiger partial charge is 0.352 e. The Labute approximate surface area is 183 Å². The lowest BCUT2D eigenvalue weighted by Gasteiger charge is -2.10. The molecule has 0 spiro atoms. The summed E-state index contributed by atoms with van der Waals surface area (Å²) in [6, 6.07) is 13.9. The second-order valence-electron chi connectivity index (χ2n) is 7.66. The van der Waals surface area contributed by atoms with Gasteiger partial charge in [0.15, 0.2) is 5.65 Å². The number of carbonyl (C=O) groups is 1. The SMILES string of the molecule is CC(C)n1ncc2c(C(=O)NCCc3nc4ccccc4[nH]3)cc(-c3cccs3)nc21. The van der Waals surface area contributed by atoms with Crippen LogP contribution in [0, 0.1) is 0 Å². The maximum atomic E-state index is 13.1. The van der Waals surface area contributed by atoms with E-state index in [1.54, 1.807) is 17.5 Å². The van der Waals surface area contributed by atoms with Crippen molar-refractivity contribution in [2.45, 2.75) is 26.3 Å². The number of fused-ring (bicyclic) bond motifs is 2. The van der Waals surface area contributed by atoms with Gasteiger partial charge >= 0.3 is 0 Å². The number of aromatic nitrogens is 5. The van der Waals surface area contributed by atoms with E-state index in [9.17, 15) is 4.79 Å². The van der Waals surface area contributed by atoms with E-state index in [4.69, 9.17) is 4.98 Å². The van der Waals surface area contributed by atoms with Crippen molar-refractivity contribution in [3.63, 3.8) is 0 Å². The molecule has 0 atom stereocenters. The van der Waals surface area contributed by atoms with Crippen LogP contribution in [0.2, 0.25) is 0 Å². The summed E-state index contributed by atoms with van der Waals surface area (Å²) < 4.78 is 1.86. The van der Waals surface area contributed by atoms with E-state index in [1.165, 1.54) is 0 Å². The number of benzene rings is 1. The third-order valence-corrected chi connectivity index (χ3v) is 6.05. The smallest absolute Gasteiger partial charge is 0.252 e. The first-order valence-electron chi connectivity index (χ1n) is 10.2. The highest BCUT2D eigenvalue weighted by Crippen LogP contribution is 2.28. The maximum Gasteiger partial charge on any atom is 0.252 e. The summed E-state index contributed by atoms with van der Waals surface area (Å²) >= 11 is 1.60. The Balaban J connectivity index is 1.42. The minimum absolute atomic E-state index is 0.135. The first kappa shape index (κ1) is 19.4. The van der Waals surface area contributed by atoms with Crippen LogP contribution >= 0.6 is 11.3 Å². The number of nitrogens with zero attached hydrogens (tertiary/aromatic N) is 4. The summed E-state index contributed by atoms with van der Waals surface area (Å²) in [5.41, 5.74) is 4.03. The fourth-order valence-electron chi connectivity index (χ4n) is 3.65. The van der Waals surface area contributed by atoms with Gasteiger partial charge < -0.3 is 10.3 Å². The molecule has 31 heavy (non-hydrogen) atoms. The molecule has 0 fully saturated rings. The van der Waals surface area contributed by atoms with Gasteiger partial charge in [-0.05, 0) is 43.5 Å². The number of hydrogen-bond donors (Lipinski definition) is 2. The summed E-state index contributed by atoms with van der Waals surface area (Å²) in [5, 5.41) is 10.3. The monoisotopic (exact) mass is 430 g/mol. The maximum absolute atomic E-state index is 13.1. The van der Waals surface area contributed by atoms with Crippen LogP contribution in [0.5, 0.6) is 0 Å². The molecule has 0 saturated carbocycles. The molecule has 5 rings (SSSR count). The third kappa shape index (κ3) is 3.70. The quantitative estimate of drug-likeness (QED) is 0.412. The van der Waals surface area contributed by atoms with E-state index in [-0.39, 0.29) is 11.9 Å². The van der Waals surface area contributed by atoms with Crippen molar-refractivity contribution in [2.24, 2.45) is 0 Å². The summed E-state index contributed by atoms with van der Waals surface area (Å²) in [7, 11) is 0. The van der Waals surface area contributed by atoms with Gasteiger partial charge in [-0.15, -0.1) is 11.3 Å². The minimum Gasteiger partial charge on any atom is -0.352 e. The van der Waals surface area contributed by atoms with Crippen molar-refractivity contribution in [1.29, 1.82) is 0 Å². The molecule has 0 bridgehead atoms. The van der Waals surface area contributed by atoms with Crippen molar-refractivity contribution in [3.05, 3.63) is 65.4 Å². The van der Waals surface area contributed by atoms with Gasteiger partial charge in [0, 0.05) is 19.0 Å². The van der Waals surface area contributed by atoms with Crippen molar-refractivity contribution in [3.8, 4) is 10.6 Å². The number of pyridine rings is 1. The van der Waals surface area contributed by atoms with Gasteiger partial charge in [-0.25, -0.2) is 14.6 Å². The normalized spacial score (nSPS) is 11.6. The van der Waals surface area contributed by atoms with E-state index >= 15 is 0 Å². The topological polar surface area (TPSA) is 88.5 Å². The van der Waals surface area contributed by atoms with Crippen LogP contribution in [0.1, 0.15) is 36.1 Å². The molecule has 0 unspecified atom stereocenters. The van der Waals surface area contributed by atoms with Crippen LogP contribution in [0.4, 0.5) is 0 Å². The Morgan fingerprint density at radius 2 is 2.06 bits per heavy atom. The lowest BCUT2D eigenvalue weighted by Crippen LogP contribution is -2.26. The Morgan fingerprint density at radius 3 is 2.84 bits per heavy atom. The minimum atomic E-state index is -0.135. The zero-order chi connectivity index (χ0) is 21.4. The zero-order valence-corrected chi connectivity index (χ0v) is 18.1. The molecule has 4 aromatic heterocycles. The van der Waals surface area contributed by atoms with Crippen molar-refractivity contribution in [1.82, 2.24) is 30.0 Å². The average molecular weight is 431 g/mol. The van der Waals surface area contributed by atoms with Crippen LogP contribution in [0.15, 0.2) is 54.0 Å². The lowest BCUT2D eigenvalue weighted by atomic mass is 10.1. The number of para-hydroxylation sites is 2. The molecule has 2 N–H and O–H groups in total. The molecule has 156 valence electrons. The van der Waals surface area contributed by atoms with Gasteiger partial charge in [0.2, 0.25) is 0 Å². The van der Waals surface area contributed by atoms with Crippen molar-refractivity contribution in [2.75, 3.05) is 6.54 Å². The number of H-pyrrole nitrogens is 1. The molecule has 8 heteroatoms. The number of thiophene rings is 1. The molecule has 4 heterocycles. The van der Waals surface area contributed by atoms with Gasteiger partial charge in [0.25, 0.3) is 5.91 Å². The summed E-state index contributed by atoms with van der Waals surface area (Å²) in [6.45, 7) is 4.59. The molecule has 5 aromatic rings. The van der Waals surface area contributed by atoms with E-state index in [1.807, 2.05) is 52.5 Å². The number of imidazole rings is 1. The van der Waals surface area contributed by atoms with Gasteiger partial charge in [0.05, 0.1) is 38.8 Å². The highest BCUT2D eigenvalue weighted by Gasteiger charge is 2.18. The van der Waals surface area contributed by atoms with E-state index in [2.05, 4.69) is 34.2 Å². The van der Waals surface area contributed by atoms with E-state index in [0.717, 1.165) is 38.5 Å². The number of nitrogens with one attached hydrogen (secondary N) is 2. The number of rotatable bonds is 6. The van der Waals surface area contributed by atoms with Crippen LogP contribution < -0.4 is 5.32 Å². The van der Waals surface area contributed by atoms with E-state index < -0.39 is 0 Å². The zero-order valence-electron chi connectivity index (χ0n) is 17.3. The predicted molar refractivity (Wildman–Crippen MR) is 123 cm³/mol. The van der Waals surface area contributed by atoms with Crippen LogP contribution in [-0.4, -0.2) is 37.2 Å². The summed E-state index contributed by atoms with van der Waals surface area (Å²) in [6.07, 6.45) is 2.35. The molecular weight excluding hydrogens is 408 g/mol. The van der Waals surface area contributed by atoms with Gasteiger partial charge in [0.1, 0.15) is 5.82 Å². The Kier molecular flexibility index (Phi) is 4.99. The molecule has 0 aliphatic carbocycles. The fraction of sp³-hybridized carbons (Fsp3) is 0.217. The van der Waals surface area contributed by atoms with Gasteiger partial charge in [-0.2, -0.15) is 5.10 Å². The Morgan fingerprint density at radius 1 is 1.19 bits per heavy atom. The number of carbonyl (C=O) groups excluding carboxylic acids is 1. The lowest BCUT2D eigenvalue weighted by molar-refractivity contribution is 0.0955. The second-order valence-corrected chi connectivity index (χ2v) is 8.61. The summed E-state index contributed by atoms with van der Waals surface area (Å²) in [4.78, 5) is 26.8. The van der Waals surface area contributed by atoms with Crippen molar-refractivity contribution < 1.29 is 4.79 Å². The molecule has 1 amide bonds. The van der Waals surface area contributed by atoms with Crippen molar-refractivity contribution >= 4 is 39.3 Å². The number of hydrogen-bond acceptors (Lipinski definition) is 5. The first-order chi connectivity index (χ1) is 15.1. The second kappa shape index (κ2) is 7.96. The van der Waals surface area contributed by atoms with E-state index in [0.29, 0.717) is 18.5 Å². The predicted octanol–water partition coefficient (Wildman–Crippen LogP) is 4.59. The fourth-order valence-corrected chi connectivity index (χ4v) is 4.33. The summed E-state index contributed by atoms with van der Waals surface area (Å²) in [5.74, 6) is 0.720. The highest BCUT2D eigenvalue weighted by molar-refractivity contribution is 7.13. The molecule has 0 radical (unpaired) electrons. The van der Waals surface area contributed by atoms with Crippen LogP contribution in [-0.2, 0) is 6.42 Å². The number of amides is 1. The molecule has 0 aliphatic heterocycles.